The molecule has 268 valence electrons. The van der Waals surface area contributed by atoms with Gasteiger partial charge in [-0.2, -0.15) is 12.1 Å². The summed E-state index contributed by atoms with van der Waals surface area (Å²) in [7, 11) is 11.0. The van der Waals surface area contributed by atoms with Crippen molar-refractivity contribution in [3.05, 3.63) is 131 Å². The van der Waals surface area contributed by atoms with Gasteiger partial charge in [-0.25, -0.2) is 0 Å². The molecule has 0 aliphatic rings. The molecule has 0 aliphatic carbocycles. The van der Waals surface area contributed by atoms with E-state index in [1.807, 2.05) is 0 Å². The Morgan fingerprint density at radius 1 is 0.608 bits per heavy atom. The standard InChI is InChI=1S/C24H29.C21H23.C2H6Si.2ClH.Zr/c1-5-8-18(4)22-15-21-9-7-10-23(24(21)16-22)20-13-11-19(12-14-20)17(3)6-2;1-4-15(3)17-9-11-18(12-10-17)20-8-6-7-19-13-16(5-2)14-21(19)20;1-3-2;;;/h7,9-18H,5-6,8H2,1-4H3;6-15H,4-5H2,1-3H3;1-2H3;2*1H;/q2*-1;;;;+4/p-2. The van der Waals surface area contributed by atoms with Crippen molar-refractivity contribution >= 4 is 48.1 Å². The molecule has 0 aliphatic heterocycles. The normalized spacial score (nSPS) is 12.4. The molecule has 2 radical (unpaired) electrons. The third kappa shape index (κ3) is 12.2. The summed E-state index contributed by atoms with van der Waals surface area (Å²) in [6, 6.07) is 41.0. The second-order valence-corrected chi connectivity index (χ2v) is 18.5. The van der Waals surface area contributed by atoms with E-state index >= 15 is 0 Å². The summed E-state index contributed by atoms with van der Waals surface area (Å²) in [5, 5.41) is 5.50. The molecule has 0 saturated carbocycles. The van der Waals surface area contributed by atoms with Gasteiger partial charge in [-0.3, -0.25) is 0 Å². The Hall–Kier alpha value is -2.22. The van der Waals surface area contributed by atoms with Crippen LogP contribution in [0.5, 0.6) is 0 Å². The molecule has 3 unspecified atom stereocenters. The van der Waals surface area contributed by atoms with E-state index in [9.17, 15) is 0 Å². The summed E-state index contributed by atoms with van der Waals surface area (Å²) in [5.74, 6) is 1.92. The molecule has 51 heavy (non-hydrogen) atoms. The zero-order chi connectivity index (χ0) is 37.3. The van der Waals surface area contributed by atoms with Gasteiger partial charge in [0.25, 0.3) is 0 Å². The average Bonchev–Trinajstić information content (AvgIpc) is 3.80. The monoisotopic (exact) mass is 810 g/mol. The molecule has 4 heteroatoms. The molecule has 0 fully saturated rings. The Kier molecular flexibility index (Phi) is 19.3. The molecule has 6 rings (SSSR count). The third-order valence-electron chi connectivity index (χ3n) is 10.1. The molecule has 6 aromatic rings. The van der Waals surface area contributed by atoms with Crippen LogP contribution in [0.2, 0.25) is 13.1 Å². The van der Waals surface area contributed by atoms with Gasteiger partial charge < -0.3 is 0 Å². The summed E-state index contributed by atoms with van der Waals surface area (Å²) >= 11 is -0.826. The quantitative estimate of drug-likeness (QED) is 0.0955. The van der Waals surface area contributed by atoms with Crippen LogP contribution in [0.4, 0.5) is 0 Å². The topological polar surface area (TPSA) is 0 Å². The molecular formula is C47H58Cl2SiZr. The average molecular weight is 813 g/mol. The number of halogens is 2. The maximum absolute atomic E-state index is 4.93. The van der Waals surface area contributed by atoms with Crippen molar-refractivity contribution in [1.29, 1.82) is 0 Å². The molecule has 3 atom stereocenters. The second-order valence-electron chi connectivity index (χ2n) is 13.7. The minimum atomic E-state index is -0.826. The van der Waals surface area contributed by atoms with Crippen LogP contribution in [0.15, 0.2) is 109 Å². The van der Waals surface area contributed by atoms with Crippen LogP contribution >= 0.6 is 17.0 Å². The molecule has 0 saturated heterocycles. The van der Waals surface area contributed by atoms with E-state index in [2.05, 4.69) is 171 Å². The molecule has 0 spiro atoms. The molecule has 0 nitrogen and oxygen atoms in total. The number of hydrogen-bond donors (Lipinski definition) is 0. The summed E-state index contributed by atoms with van der Waals surface area (Å²) < 4.78 is 0. The van der Waals surface area contributed by atoms with Gasteiger partial charge in [0.2, 0.25) is 0 Å². The van der Waals surface area contributed by atoms with E-state index in [0.717, 1.165) is 15.9 Å². The first-order valence-corrected chi connectivity index (χ1v) is 27.2. The van der Waals surface area contributed by atoms with Crippen molar-refractivity contribution in [3.63, 3.8) is 0 Å². The summed E-state index contributed by atoms with van der Waals surface area (Å²) in [4.78, 5) is 0. The summed E-state index contributed by atoms with van der Waals surface area (Å²) in [5.41, 5.74) is 11.1. The number of benzene rings is 4. The van der Waals surface area contributed by atoms with Crippen molar-refractivity contribution in [2.24, 2.45) is 0 Å². The fourth-order valence-electron chi connectivity index (χ4n) is 6.60. The van der Waals surface area contributed by atoms with Gasteiger partial charge in [0, 0.05) is 9.52 Å². The van der Waals surface area contributed by atoms with Crippen LogP contribution in [0.1, 0.15) is 114 Å². The van der Waals surface area contributed by atoms with Gasteiger partial charge in [0.05, 0.1) is 0 Å². The number of fused-ring (bicyclic) bond motifs is 2. The Morgan fingerprint density at radius 3 is 1.45 bits per heavy atom. The Morgan fingerprint density at radius 2 is 1.04 bits per heavy atom. The van der Waals surface area contributed by atoms with Gasteiger partial charge in [-0.1, -0.05) is 140 Å². The number of hydrogen-bond acceptors (Lipinski definition) is 0. The molecule has 6 aromatic carbocycles. The first-order chi connectivity index (χ1) is 24.7. The van der Waals surface area contributed by atoms with E-state index in [1.165, 1.54) is 91.7 Å². The summed E-state index contributed by atoms with van der Waals surface area (Å²) in [6.07, 6.45) is 5.98. The molecule has 0 bridgehead atoms. The van der Waals surface area contributed by atoms with Crippen molar-refractivity contribution in [3.8, 4) is 22.3 Å². The fraction of sp³-hybridized carbons (Fsp3) is 0.362. The van der Waals surface area contributed by atoms with Crippen LogP contribution in [-0.4, -0.2) is 9.52 Å². The molecule has 0 amide bonds. The number of aryl methyl sites for hydroxylation is 1. The first kappa shape index (κ1) is 43.2. The Bertz CT molecular complexity index is 1850. The molecule has 0 heterocycles. The fourth-order valence-corrected chi connectivity index (χ4v) is 6.60. The van der Waals surface area contributed by atoms with E-state index in [0.29, 0.717) is 17.8 Å². The van der Waals surface area contributed by atoms with Gasteiger partial charge in [0.1, 0.15) is 0 Å². The first-order valence-electron chi connectivity index (χ1n) is 18.8. The second kappa shape index (κ2) is 22.8. The maximum atomic E-state index is 4.93. The zero-order valence-electron chi connectivity index (χ0n) is 32.4. The predicted octanol–water partition coefficient (Wildman–Crippen LogP) is 16.1. The van der Waals surface area contributed by atoms with Crippen LogP contribution in [0.3, 0.4) is 0 Å². The van der Waals surface area contributed by atoms with Crippen LogP contribution in [-0.2, 0) is 27.3 Å². The minimum absolute atomic E-state index is 0.635. The van der Waals surface area contributed by atoms with Crippen LogP contribution in [0.25, 0.3) is 43.8 Å². The third-order valence-corrected chi connectivity index (χ3v) is 10.1. The molecule has 0 aromatic heterocycles. The number of rotatable bonds is 10. The Labute approximate surface area is 331 Å². The van der Waals surface area contributed by atoms with Crippen molar-refractivity contribution in [2.45, 2.75) is 111 Å². The van der Waals surface area contributed by atoms with Crippen LogP contribution < -0.4 is 0 Å². The Balaban J connectivity index is 0.000000240. The van der Waals surface area contributed by atoms with E-state index in [1.54, 1.807) is 0 Å². The van der Waals surface area contributed by atoms with E-state index < -0.39 is 20.8 Å². The van der Waals surface area contributed by atoms with Crippen molar-refractivity contribution < 1.29 is 20.8 Å². The van der Waals surface area contributed by atoms with E-state index in [-0.39, 0.29) is 0 Å². The van der Waals surface area contributed by atoms with Gasteiger partial charge in [-0.05, 0) is 65.7 Å². The van der Waals surface area contributed by atoms with Gasteiger partial charge in [-0.15, -0.1) is 69.1 Å². The molecule has 0 N–H and O–H groups in total. The predicted molar refractivity (Wildman–Crippen MR) is 229 cm³/mol. The van der Waals surface area contributed by atoms with E-state index in [4.69, 9.17) is 17.0 Å². The summed E-state index contributed by atoms with van der Waals surface area (Å²) in [6.45, 7) is 20.2. The van der Waals surface area contributed by atoms with Crippen molar-refractivity contribution in [2.75, 3.05) is 0 Å². The van der Waals surface area contributed by atoms with Gasteiger partial charge >= 0.3 is 37.9 Å². The van der Waals surface area contributed by atoms with Crippen LogP contribution in [0, 0.1) is 0 Å². The SMILES string of the molecule is CCCC(C)c1cc2c(-c3ccc(C(C)CC)cc3)cccc2[cH-]1.CCc1cc2c(-c3ccc(C(C)CC)cc3)cccc2[cH-]1.C[Si]C.[Cl][Zr+2][Cl]. The van der Waals surface area contributed by atoms with Gasteiger partial charge in [0.15, 0.2) is 0 Å². The zero-order valence-corrected chi connectivity index (χ0v) is 37.4. The molecular weight excluding hydrogens is 755 g/mol. The van der Waals surface area contributed by atoms with Crippen molar-refractivity contribution in [1.82, 2.24) is 0 Å².